The summed E-state index contributed by atoms with van der Waals surface area (Å²) in [7, 11) is 1.87. The summed E-state index contributed by atoms with van der Waals surface area (Å²) in [5, 5.41) is 0. The second-order valence-electron chi connectivity index (χ2n) is 5.73. The average molecular weight is 288 g/mol. The molecule has 1 saturated carbocycles. The summed E-state index contributed by atoms with van der Waals surface area (Å²) in [5.74, 6) is 0.159. The van der Waals surface area contributed by atoms with Crippen molar-refractivity contribution in [1.82, 2.24) is 4.90 Å². The summed E-state index contributed by atoms with van der Waals surface area (Å²) in [4.78, 5) is 29.1. The van der Waals surface area contributed by atoms with Gasteiger partial charge in [0.25, 0.3) is 5.91 Å². The third-order valence-corrected chi connectivity index (χ3v) is 5.89. The second kappa shape index (κ2) is 4.01. The van der Waals surface area contributed by atoms with Crippen molar-refractivity contribution in [2.24, 2.45) is 0 Å². The fraction of sp³-hybridized carbons (Fsp3) is 0.467. The molecule has 1 saturated heterocycles. The number of carbonyl (C=O) groups is 2. The molecule has 0 unspecified atom stereocenters. The molecule has 1 aromatic rings. The van der Waals surface area contributed by atoms with E-state index in [1.54, 1.807) is 16.7 Å². The lowest BCUT2D eigenvalue weighted by Crippen LogP contribution is -2.53. The molecule has 20 heavy (non-hydrogen) atoms. The van der Waals surface area contributed by atoms with Crippen LogP contribution in [0.5, 0.6) is 0 Å². The van der Waals surface area contributed by atoms with Crippen LogP contribution in [0.1, 0.15) is 25.7 Å². The fourth-order valence-electron chi connectivity index (χ4n) is 3.19. The van der Waals surface area contributed by atoms with Gasteiger partial charge in [-0.15, -0.1) is 0 Å². The number of benzene rings is 1. The van der Waals surface area contributed by atoms with Gasteiger partial charge >= 0.3 is 0 Å². The third kappa shape index (κ3) is 1.50. The predicted octanol–water partition coefficient (Wildman–Crippen LogP) is 2.24. The van der Waals surface area contributed by atoms with Gasteiger partial charge in [-0.1, -0.05) is 23.9 Å². The molecule has 2 amide bonds. The first-order valence-electron chi connectivity index (χ1n) is 7.02. The van der Waals surface area contributed by atoms with Crippen LogP contribution < -0.4 is 4.90 Å². The van der Waals surface area contributed by atoms with Gasteiger partial charge in [-0.25, -0.2) is 0 Å². The molecule has 4 nitrogen and oxygen atoms in total. The Hall–Kier alpha value is -1.49. The smallest absolute Gasteiger partial charge is 0.259 e. The number of hydrogen-bond donors (Lipinski definition) is 0. The maximum atomic E-state index is 13.0. The Bertz CT molecular complexity index is 614. The van der Waals surface area contributed by atoms with Gasteiger partial charge in [-0.2, -0.15) is 0 Å². The molecular formula is C15H16N2O2S. The summed E-state index contributed by atoms with van der Waals surface area (Å²) in [6.45, 7) is 0. The second-order valence-corrected chi connectivity index (χ2v) is 7.05. The Labute approximate surface area is 122 Å². The van der Waals surface area contributed by atoms with Gasteiger partial charge in [0.1, 0.15) is 0 Å². The number of hydrogen-bond acceptors (Lipinski definition) is 3. The maximum Gasteiger partial charge on any atom is 0.259 e. The molecule has 3 aliphatic rings. The number of rotatable bonds is 2. The molecular weight excluding hydrogens is 272 g/mol. The summed E-state index contributed by atoms with van der Waals surface area (Å²) >= 11 is 1.55. The van der Waals surface area contributed by atoms with Gasteiger partial charge in [0.15, 0.2) is 4.87 Å². The zero-order chi connectivity index (χ0) is 13.9. The summed E-state index contributed by atoms with van der Waals surface area (Å²) in [5.41, 5.74) is 0.901. The summed E-state index contributed by atoms with van der Waals surface area (Å²) in [6.07, 6.45) is 3.25. The molecule has 0 N–H and O–H groups in total. The topological polar surface area (TPSA) is 40.6 Å². The van der Waals surface area contributed by atoms with E-state index in [-0.39, 0.29) is 11.8 Å². The Morgan fingerprint density at radius 1 is 1.40 bits per heavy atom. The molecule has 2 aliphatic heterocycles. The molecule has 1 aliphatic carbocycles. The molecule has 0 radical (unpaired) electrons. The lowest BCUT2D eigenvalue weighted by molar-refractivity contribution is -0.133. The van der Waals surface area contributed by atoms with Crippen LogP contribution in [0.3, 0.4) is 0 Å². The minimum Gasteiger partial charge on any atom is -0.340 e. The highest BCUT2D eigenvalue weighted by atomic mass is 32.2. The molecule has 104 valence electrons. The van der Waals surface area contributed by atoms with E-state index in [4.69, 9.17) is 0 Å². The summed E-state index contributed by atoms with van der Waals surface area (Å²) in [6, 6.07) is 8.20. The molecule has 0 bridgehead atoms. The summed E-state index contributed by atoms with van der Waals surface area (Å²) < 4.78 is 0. The van der Waals surface area contributed by atoms with Crippen LogP contribution in [0.25, 0.3) is 0 Å². The fourth-order valence-corrected chi connectivity index (χ4v) is 4.69. The van der Waals surface area contributed by atoms with Gasteiger partial charge < -0.3 is 4.90 Å². The van der Waals surface area contributed by atoms with E-state index < -0.39 is 4.87 Å². The minimum atomic E-state index is -0.724. The number of para-hydroxylation sites is 1. The van der Waals surface area contributed by atoms with Gasteiger partial charge in [0.2, 0.25) is 5.91 Å². The van der Waals surface area contributed by atoms with Crippen molar-refractivity contribution in [2.45, 2.75) is 41.5 Å². The van der Waals surface area contributed by atoms with E-state index in [0.29, 0.717) is 18.9 Å². The normalized spacial score (nSPS) is 27.4. The van der Waals surface area contributed by atoms with Crippen LogP contribution >= 0.6 is 11.8 Å². The van der Waals surface area contributed by atoms with Gasteiger partial charge in [0, 0.05) is 24.4 Å². The monoisotopic (exact) mass is 288 g/mol. The van der Waals surface area contributed by atoms with Crippen molar-refractivity contribution in [3.05, 3.63) is 24.3 Å². The number of amides is 2. The van der Waals surface area contributed by atoms with Crippen molar-refractivity contribution >= 4 is 29.3 Å². The first kappa shape index (κ1) is 12.3. The van der Waals surface area contributed by atoms with Crippen LogP contribution in [0.4, 0.5) is 5.69 Å². The van der Waals surface area contributed by atoms with Crippen LogP contribution in [0, 0.1) is 0 Å². The zero-order valence-electron chi connectivity index (χ0n) is 11.3. The van der Waals surface area contributed by atoms with E-state index in [9.17, 15) is 9.59 Å². The van der Waals surface area contributed by atoms with E-state index in [2.05, 4.69) is 0 Å². The van der Waals surface area contributed by atoms with Gasteiger partial charge in [-0.3, -0.25) is 14.5 Å². The molecule has 2 heterocycles. The van der Waals surface area contributed by atoms with Crippen molar-refractivity contribution in [3.63, 3.8) is 0 Å². The van der Waals surface area contributed by atoms with Crippen molar-refractivity contribution < 1.29 is 9.59 Å². The van der Waals surface area contributed by atoms with Crippen LogP contribution in [-0.4, -0.2) is 34.7 Å². The molecule has 1 atom stereocenters. The number of thioether (sulfide) groups is 1. The Morgan fingerprint density at radius 3 is 2.90 bits per heavy atom. The lowest BCUT2D eigenvalue weighted by atomic mass is 10.1. The standard InChI is InChI=1S/C15H16N2O2S/c1-16(10-6-7-10)14(19)15-9-8-13(18)17(15)11-4-2-3-5-12(11)20-15/h2-5,10H,6-9H2,1H3/t15-/m1/s1. The SMILES string of the molecule is CN(C(=O)[C@]12CCC(=O)N1c1ccccc1S2)C1CC1. The van der Waals surface area contributed by atoms with E-state index in [0.717, 1.165) is 23.4 Å². The lowest BCUT2D eigenvalue weighted by Gasteiger charge is -2.33. The highest BCUT2D eigenvalue weighted by molar-refractivity contribution is 8.02. The third-order valence-electron chi connectivity index (χ3n) is 4.42. The minimum absolute atomic E-state index is 0.0694. The quantitative estimate of drug-likeness (QED) is 0.838. The van der Waals surface area contributed by atoms with Crippen molar-refractivity contribution in [3.8, 4) is 0 Å². The molecule has 5 heteroatoms. The number of nitrogens with zero attached hydrogens (tertiary/aromatic N) is 2. The van der Waals surface area contributed by atoms with Crippen LogP contribution in [0.2, 0.25) is 0 Å². The number of likely N-dealkylation sites (N-methyl/N-ethyl adjacent to an activating group) is 1. The molecule has 0 aromatic heterocycles. The zero-order valence-corrected chi connectivity index (χ0v) is 12.2. The maximum absolute atomic E-state index is 13.0. The average Bonchev–Trinajstić information content (AvgIpc) is 3.17. The Morgan fingerprint density at radius 2 is 2.15 bits per heavy atom. The first-order valence-corrected chi connectivity index (χ1v) is 7.83. The molecule has 2 fully saturated rings. The van der Waals surface area contributed by atoms with E-state index in [1.165, 1.54) is 0 Å². The molecule has 4 rings (SSSR count). The van der Waals surface area contributed by atoms with Gasteiger partial charge in [-0.05, 0) is 31.4 Å². The molecule has 1 aromatic carbocycles. The highest BCUT2D eigenvalue weighted by Gasteiger charge is 2.59. The van der Waals surface area contributed by atoms with E-state index >= 15 is 0 Å². The van der Waals surface area contributed by atoms with Crippen LogP contribution in [-0.2, 0) is 9.59 Å². The number of carbonyl (C=O) groups excluding carboxylic acids is 2. The Balaban J connectivity index is 1.77. The van der Waals surface area contributed by atoms with E-state index in [1.807, 2.05) is 36.2 Å². The first-order chi connectivity index (χ1) is 9.63. The highest BCUT2D eigenvalue weighted by Crippen LogP contribution is 2.56. The largest absolute Gasteiger partial charge is 0.340 e. The van der Waals surface area contributed by atoms with Crippen molar-refractivity contribution in [1.29, 1.82) is 0 Å². The number of fused-ring (bicyclic) bond motifs is 3. The predicted molar refractivity (Wildman–Crippen MR) is 77.5 cm³/mol. The Kier molecular flexibility index (Phi) is 2.46. The number of anilines is 1. The van der Waals surface area contributed by atoms with Crippen LogP contribution in [0.15, 0.2) is 29.2 Å². The van der Waals surface area contributed by atoms with Crippen molar-refractivity contribution in [2.75, 3.05) is 11.9 Å². The molecule has 0 spiro atoms. The van der Waals surface area contributed by atoms with Gasteiger partial charge in [0.05, 0.1) is 5.69 Å².